The van der Waals surface area contributed by atoms with Gasteiger partial charge in [-0.1, -0.05) is 44.2 Å². The van der Waals surface area contributed by atoms with E-state index < -0.39 is 0 Å². The van der Waals surface area contributed by atoms with Crippen molar-refractivity contribution in [2.24, 2.45) is 0 Å². The number of hydrogen-bond acceptors (Lipinski definition) is 3. The fraction of sp³-hybridized carbons (Fsp3) is 0.429. The molecule has 96 valence electrons. The average molecular weight is 244 g/mol. The van der Waals surface area contributed by atoms with Gasteiger partial charge in [0.25, 0.3) is 0 Å². The van der Waals surface area contributed by atoms with Gasteiger partial charge in [-0.3, -0.25) is 4.90 Å². The molecule has 0 amide bonds. The summed E-state index contributed by atoms with van der Waals surface area (Å²) in [6.07, 6.45) is 0.841. The molecular formula is C14H20N4. The minimum absolute atomic E-state index is 0.841. The van der Waals surface area contributed by atoms with E-state index in [1.807, 2.05) is 6.07 Å². The summed E-state index contributed by atoms with van der Waals surface area (Å²) in [5.74, 6) is 0. The maximum absolute atomic E-state index is 4.27. The fourth-order valence-electron chi connectivity index (χ4n) is 1.99. The van der Waals surface area contributed by atoms with E-state index in [0.29, 0.717) is 0 Å². The van der Waals surface area contributed by atoms with Gasteiger partial charge in [0.05, 0.1) is 11.4 Å². The molecule has 0 bridgehead atoms. The zero-order valence-corrected chi connectivity index (χ0v) is 11.1. The maximum Gasteiger partial charge on any atom is 0.1000 e. The molecule has 0 spiro atoms. The molecule has 0 radical (unpaired) electrons. The van der Waals surface area contributed by atoms with Crippen molar-refractivity contribution in [3.63, 3.8) is 0 Å². The summed E-state index contributed by atoms with van der Waals surface area (Å²) < 4.78 is 0. The van der Waals surface area contributed by atoms with Gasteiger partial charge in [-0.15, -0.1) is 0 Å². The van der Waals surface area contributed by atoms with Crippen molar-refractivity contribution >= 4 is 0 Å². The van der Waals surface area contributed by atoms with E-state index >= 15 is 0 Å². The first-order valence-electron chi connectivity index (χ1n) is 6.48. The minimum atomic E-state index is 0.841. The molecular weight excluding hydrogens is 224 g/mol. The standard InChI is InChI=1S/C14H20N4/c1-3-18(4-2)11-14-13(15-17-16-14)10-12-8-6-5-7-9-12/h5-9H,3-4,10-11H2,1-2H3,(H,15,16,17). The predicted octanol–water partition coefficient (Wildman–Crippen LogP) is 2.24. The molecule has 0 unspecified atom stereocenters. The molecule has 4 nitrogen and oxygen atoms in total. The zero-order chi connectivity index (χ0) is 12.8. The Hall–Kier alpha value is -1.68. The van der Waals surface area contributed by atoms with Gasteiger partial charge in [-0.2, -0.15) is 15.4 Å². The minimum Gasteiger partial charge on any atom is -0.298 e. The third-order valence-electron chi connectivity index (χ3n) is 3.19. The van der Waals surface area contributed by atoms with Crippen LogP contribution in [-0.2, 0) is 13.0 Å². The van der Waals surface area contributed by atoms with Crippen molar-refractivity contribution in [2.45, 2.75) is 26.8 Å². The lowest BCUT2D eigenvalue weighted by Crippen LogP contribution is -2.23. The number of H-pyrrole nitrogens is 1. The first-order chi connectivity index (χ1) is 8.83. The molecule has 0 saturated heterocycles. The number of benzene rings is 1. The summed E-state index contributed by atoms with van der Waals surface area (Å²) in [4.78, 5) is 2.34. The highest BCUT2D eigenvalue weighted by atomic mass is 15.3. The number of hydrogen-bond donors (Lipinski definition) is 1. The van der Waals surface area contributed by atoms with Crippen molar-refractivity contribution in [3.05, 3.63) is 47.3 Å². The van der Waals surface area contributed by atoms with E-state index in [0.717, 1.165) is 37.4 Å². The molecule has 1 heterocycles. The quantitative estimate of drug-likeness (QED) is 0.847. The van der Waals surface area contributed by atoms with Gasteiger partial charge in [0.2, 0.25) is 0 Å². The molecule has 2 rings (SSSR count). The third-order valence-corrected chi connectivity index (χ3v) is 3.19. The van der Waals surface area contributed by atoms with Crippen molar-refractivity contribution in [1.29, 1.82) is 0 Å². The Morgan fingerprint density at radius 2 is 1.67 bits per heavy atom. The van der Waals surface area contributed by atoms with Crippen molar-refractivity contribution in [2.75, 3.05) is 13.1 Å². The lowest BCUT2D eigenvalue weighted by molar-refractivity contribution is 0.291. The van der Waals surface area contributed by atoms with Gasteiger partial charge in [-0.25, -0.2) is 0 Å². The van der Waals surface area contributed by atoms with Crippen LogP contribution in [0.25, 0.3) is 0 Å². The van der Waals surface area contributed by atoms with Crippen molar-refractivity contribution in [3.8, 4) is 0 Å². The normalized spacial score (nSPS) is 11.1. The van der Waals surface area contributed by atoms with Crippen LogP contribution in [0.3, 0.4) is 0 Å². The highest BCUT2D eigenvalue weighted by molar-refractivity contribution is 5.23. The zero-order valence-electron chi connectivity index (χ0n) is 11.1. The van der Waals surface area contributed by atoms with Crippen LogP contribution in [-0.4, -0.2) is 33.4 Å². The van der Waals surface area contributed by atoms with Crippen LogP contribution in [0.15, 0.2) is 30.3 Å². The van der Waals surface area contributed by atoms with Crippen LogP contribution >= 0.6 is 0 Å². The van der Waals surface area contributed by atoms with Crippen LogP contribution in [0.2, 0.25) is 0 Å². The Balaban J connectivity index is 2.08. The van der Waals surface area contributed by atoms with Gasteiger partial charge in [0, 0.05) is 13.0 Å². The number of nitrogens with zero attached hydrogens (tertiary/aromatic N) is 3. The number of rotatable bonds is 6. The average Bonchev–Trinajstić information content (AvgIpc) is 2.84. The van der Waals surface area contributed by atoms with Crippen LogP contribution in [0.1, 0.15) is 30.8 Å². The van der Waals surface area contributed by atoms with Gasteiger partial charge < -0.3 is 0 Å². The first kappa shape index (κ1) is 12.8. The highest BCUT2D eigenvalue weighted by Gasteiger charge is 2.11. The Bertz CT molecular complexity index is 460. The van der Waals surface area contributed by atoms with Crippen LogP contribution in [0.5, 0.6) is 0 Å². The van der Waals surface area contributed by atoms with Crippen LogP contribution in [0.4, 0.5) is 0 Å². The summed E-state index contributed by atoms with van der Waals surface area (Å²) in [5.41, 5.74) is 3.38. The van der Waals surface area contributed by atoms with Crippen molar-refractivity contribution < 1.29 is 0 Å². The smallest absolute Gasteiger partial charge is 0.1000 e. The topological polar surface area (TPSA) is 44.8 Å². The third kappa shape index (κ3) is 3.17. The van der Waals surface area contributed by atoms with E-state index in [2.05, 4.69) is 58.4 Å². The molecule has 0 saturated carbocycles. The van der Waals surface area contributed by atoms with Gasteiger partial charge in [0.15, 0.2) is 0 Å². The van der Waals surface area contributed by atoms with Crippen molar-refractivity contribution in [1.82, 2.24) is 20.3 Å². The van der Waals surface area contributed by atoms with E-state index in [1.54, 1.807) is 0 Å². The molecule has 0 fully saturated rings. The summed E-state index contributed by atoms with van der Waals surface area (Å²) in [6.45, 7) is 7.27. The van der Waals surface area contributed by atoms with Gasteiger partial charge in [0.1, 0.15) is 0 Å². The molecule has 4 heteroatoms. The Morgan fingerprint density at radius 3 is 2.33 bits per heavy atom. The molecule has 0 atom stereocenters. The van der Waals surface area contributed by atoms with Gasteiger partial charge >= 0.3 is 0 Å². The van der Waals surface area contributed by atoms with Crippen LogP contribution < -0.4 is 0 Å². The monoisotopic (exact) mass is 244 g/mol. The Kier molecular flexibility index (Phi) is 4.47. The van der Waals surface area contributed by atoms with E-state index in [1.165, 1.54) is 5.56 Å². The summed E-state index contributed by atoms with van der Waals surface area (Å²) in [7, 11) is 0. The fourth-order valence-corrected chi connectivity index (χ4v) is 1.99. The molecule has 1 N–H and O–H groups in total. The molecule has 0 aliphatic rings. The van der Waals surface area contributed by atoms with Gasteiger partial charge in [-0.05, 0) is 18.7 Å². The number of aromatic nitrogens is 3. The summed E-state index contributed by atoms with van der Waals surface area (Å²) in [6, 6.07) is 10.4. The SMILES string of the molecule is CCN(CC)Cc1n[nH]nc1Cc1ccccc1. The molecule has 18 heavy (non-hydrogen) atoms. The Labute approximate surface area is 108 Å². The largest absolute Gasteiger partial charge is 0.298 e. The van der Waals surface area contributed by atoms with E-state index in [-0.39, 0.29) is 0 Å². The molecule has 0 aliphatic carbocycles. The number of aromatic amines is 1. The number of nitrogens with one attached hydrogen (secondary N) is 1. The Morgan fingerprint density at radius 1 is 1.00 bits per heavy atom. The molecule has 2 aromatic rings. The second kappa shape index (κ2) is 6.31. The van der Waals surface area contributed by atoms with E-state index in [9.17, 15) is 0 Å². The first-order valence-corrected chi connectivity index (χ1v) is 6.48. The predicted molar refractivity (Wildman–Crippen MR) is 72.3 cm³/mol. The van der Waals surface area contributed by atoms with E-state index in [4.69, 9.17) is 0 Å². The second-order valence-corrected chi connectivity index (χ2v) is 4.34. The lowest BCUT2D eigenvalue weighted by Gasteiger charge is -2.16. The highest BCUT2D eigenvalue weighted by Crippen LogP contribution is 2.11. The lowest BCUT2D eigenvalue weighted by atomic mass is 10.1. The summed E-state index contributed by atoms with van der Waals surface area (Å²) >= 11 is 0. The van der Waals surface area contributed by atoms with Crippen LogP contribution in [0, 0.1) is 0 Å². The molecule has 1 aromatic heterocycles. The second-order valence-electron chi connectivity index (χ2n) is 4.34. The molecule has 1 aromatic carbocycles. The summed E-state index contributed by atoms with van der Waals surface area (Å²) in [5, 5.41) is 11.3. The molecule has 0 aliphatic heterocycles. The maximum atomic E-state index is 4.27.